The van der Waals surface area contributed by atoms with Gasteiger partial charge in [0, 0.05) is 17.5 Å². The van der Waals surface area contributed by atoms with Gasteiger partial charge >= 0.3 is 5.97 Å². The molecule has 0 saturated heterocycles. The van der Waals surface area contributed by atoms with Crippen molar-refractivity contribution in [3.05, 3.63) is 84.8 Å². The molecule has 268 valence electrons. The van der Waals surface area contributed by atoms with E-state index in [1.807, 2.05) is 36.4 Å². The van der Waals surface area contributed by atoms with Crippen LogP contribution in [0.25, 0.3) is 5.70 Å². The van der Waals surface area contributed by atoms with E-state index in [0.29, 0.717) is 45.7 Å². The zero-order chi connectivity index (χ0) is 35.2. The summed E-state index contributed by atoms with van der Waals surface area (Å²) in [5.74, 6) is 4.17. The number of ether oxygens (including phenoxy) is 4. The Morgan fingerprint density at radius 3 is 2.02 bits per heavy atom. The molecular weight excluding hydrogens is 626 g/mol. The standard InChI is InChI=1S/C43H55NO6/c1-6-7-9-31-12-14-32(15-13-31)29(3)48-37-24-18-34(19-25-37)43(46)50-38-22-16-33(17-23-38)30(4)49-40-11-8-10-39-41(40)28(2)44(42(39)45)35-20-26-36(47-5)27-21-35/h8,10-11,20-21,26-27,31-34,37-38H,2-4,6-7,9,12-19,22-25H2,1,5H3. The maximum Gasteiger partial charge on any atom is 0.309 e. The summed E-state index contributed by atoms with van der Waals surface area (Å²) in [6, 6.07) is 12.8. The molecule has 0 radical (unpaired) electrons. The number of unbranched alkanes of at least 4 members (excludes halogenated alkanes) is 1. The number of benzene rings is 2. The first-order valence-corrected chi connectivity index (χ1v) is 19.0. The summed E-state index contributed by atoms with van der Waals surface area (Å²) in [4.78, 5) is 28.2. The van der Waals surface area contributed by atoms with Crippen LogP contribution >= 0.6 is 0 Å². The Hall–Kier alpha value is -4.00. The Morgan fingerprint density at radius 2 is 1.38 bits per heavy atom. The maximum atomic E-state index is 13.4. The van der Waals surface area contributed by atoms with Crippen LogP contribution in [0, 0.1) is 23.7 Å². The molecular formula is C43H55NO6. The van der Waals surface area contributed by atoms with Crippen LogP contribution in [0.2, 0.25) is 0 Å². The molecule has 0 atom stereocenters. The average molecular weight is 682 g/mol. The number of hydrogen-bond donors (Lipinski definition) is 0. The van der Waals surface area contributed by atoms with Crippen LogP contribution in [-0.2, 0) is 14.3 Å². The minimum absolute atomic E-state index is 0.0541. The van der Waals surface area contributed by atoms with E-state index < -0.39 is 0 Å². The molecule has 4 aliphatic rings. The van der Waals surface area contributed by atoms with Crippen molar-refractivity contribution in [2.75, 3.05) is 12.0 Å². The van der Waals surface area contributed by atoms with Crippen molar-refractivity contribution in [1.82, 2.24) is 0 Å². The minimum Gasteiger partial charge on any atom is -0.497 e. The Morgan fingerprint density at radius 1 is 0.780 bits per heavy atom. The van der Waals surface area contributed by atoms with Gasteiger partial charge in [0.25, 0.3) is 5.91 Å². The van der Waals surface area contributed by atoms with Gasteiger partial charge in [0.05, 0.1) is 41.7 Å². The van der Waals surface area contributed by atoms with Crippen molar-refractivity contribution >= 4 is 23.3 Å². The van der Waals surface area contributed by atoms with Gasteiger partial charge in [0.1, 0.15) is 23.4 Å². The number of anilines is 1. The normalized spacial score (nSPS) is 26.6. The molecule has 6 rings (SSSR count). The van der Waals surface area contributed by atoms with E-state index in [-0.39, 0.29) is 35.9 Å². The van der Waals surface area contributed by atoms with Crippen molar-refractivity contribution in [3.8, 4) is 11.5 Å². The second-order valence-electron chi connectivity index (χ2n) is 14.9. The van der Waals surface area contributed by atoms with Crippen LogP contribution in [-0.4, -0.2) is 31.2 Å². The molecule has 1 amide bonds. The second kappa shape index (κ2) is 16.3. The summed E-state index contributed by atoms with van der Waals surface area (Å²) in [5.41, 5.74) is 2.52. The lowest BCUT2D eigenvalue weighted by molar-refractivity contribution is -0.157. The third-order valence-electron chi connectivity index (χ3n) is 11.6. The molecule has 0 bridgehead atoms. The number of fused-ring (bicyclic) bond motifs is 1. The summed E-state index contributed by atoms with van der Waals surface area (Å²) in [5, 5.41) is 0. The Kier molecular flexibility index (Phi) is 11.7. The Bertz CT molecular complexity index is 1540. The molecule has 1 heterocycles. The Labute approximate surface area is 298 Å². The van der Waals surface area contributed by atoms with Gasteiger partial charge in [0.15, 0.2) is 0 Å². The zero-order valence-corrected chi connectivity index (χ0v) is 30.1. The van der Waals surface area contributed by atoms with Crippen LogP contribution in [0.5, 0.6) is 11.5 Å². The molecule has 2 aromatic carbocycles. The van der Waals surface area contributed by atoms with E-state index >= 15 is 0 Å². The van der Waals surface area contributed by atoms with Gasteiger partial charge in [-0.3, -0.25) is 14.5 Å². The molecule has 2 aromatic rings. The van der Waals surface area contributed by atoms with Gasteiger partial charge in [-0.25, -0.2) is 0 Å². The summed E-state index contributed by atoms with van der Waals surface area (Å²) >= 11 is 0. The molecule has 3 saturated carbocycles. The molecule has 0 spiro atoms. The third-order valence-corrected chi connectivity index (χ3v) is 11.6. The lowest BCUT2D eigenvalue weighted by Gasteiger charge is -2.34. The first-order chi connectivity index (χ1) is 24.2. The van der Waals surface area contributed by atoms with E-state index in [1.165, 1.54) is 44.9 Å². The van der Waals surface area contributed by atoms with Gasteiger partial charge in [-0.2, -0.15) is 0 Å². The molecule has 3 fully saturated rings. The van der Waals surface area contributed by atoms with E-state index in [9.17, 15) is 9.59 Å². The number of allylic oxidation sites excluding steroid dienone is 2. The fourth-order valence-corrected chi connectivity index (χ4v) is 8.43. The first-order valence-electron chi connectivity index (χ1n) is 19.0. The second-order valence-corrected chi connectivity index (χ2v) is 14.9. The summed E-state index contributed by atoms with van der Waals surface area (Å²) in [6.45, 7) is 15.1. The van der Waals surface area contributed by atoms with Gasteiger partial charge in [-0.05, 0) is 119 Å². The number of esters is 1. The van der Waals surface area contributed by atoms with Crippen molar-refractivity contribution in [3.63, 3.8) is 0 Å². The van der Waals surface area contributed by atoms with Gasteiger partial charge in [0.2, 0.25) is 0 Å². The highest BCUT2D eigenvalue weighted by atomic mass is 16.5. The summed E-state index contributed by atoms with van der Waals surface area (Å²) in [7, 11) is 1.61. The largest absolute Gasteiger partial charge is 0.497 e. The quantitative estimate of drug-likeness (QED) is 0.155. The molecule has 3 aliphatic carbocycles. The minimum atomic E-state index is -0.143. The fraction of sp³-hybridized carbons (Fsp3) is 0.535. The number of nitrogens with zero attached hydrogens (tertiary/aromatic N) is 1. The van der Waals surface area contributed by atoms with Crippen LogP contribution in [0.4, 0.5) is 5.69 Å². The highest BCUT2D eigenvalue weighted by molar-refractivity contribution is 6.22. The molecule has 0 unspecified atom stereocenters. The maximum absolute atomic E-state index is 13.4. The number of carbonyl (C=O) groups is 2. The average Bonchev–Trinajstić information content (AvgIpc) is 3.40. The topological polar surface area (TPSA) is 74.3 Å². The van der Waals surface area contributed by atoms with Crippen LogP contribution in [0.3, 0.4) is 0 Å². The molecule has 0 N–H and O–H groups in total. The predicted molar refractivity (Wildman–Crippen MR) is 198 cm³/mol. The number of rotatable bonds is 13. The molecule has 7 nitrogen and oxygen atoms in total. The lowest BCUT2D eigenvalue weighted by Crippen LogP contribution is -2.32. The van der Waals surface area contributed by atoms with Crippen LogP contribution in [0.1, 0.15) is 119 Å². The molecule has 1 aliphatic heterocycles. The van der Waals surface area contributed by atoms with Crippen LogP contribution < -0.4 is 14.4 Å². The van der Waals surface area contributed by atoms with Crippen molar-refractivity contribution < 1.29 is 28.5 Å². The predicted octanol–water partition coefficient (Wildman–Crippen LogP) is 10.4. The lowest BCUT2D eigenvalue weighted by atomic mass is 9.79. The summed E-state index contributed by atoms with van der Waals surface area (Å²) in [6.07, 6.45) is 15.7. The fourth-order valence-electron chi connectivity index (χ4n) is 8.43. The van der Waals surface area contributed by atoms with E-state index in [1.54, 1.807) is 18.1 Å². The van der Waals surface area contributed by atoms with Gasteiger partial charge in [-0.15, -0.1) is 0 Å². The van der Waals surface area contributed by atoms with E-state index in [0.717, 1.165) is 63.0 Å². The SMILES string of the molecule is C=C(Oc1cccc2c1C(=C)N(c1ccc(OC)cc1)C2=O)C1CCC(OC(=O)C2CCC(OC(=C)C3CCC(CCCC)CC3)CC2)CC1. The zero-order valence-electron chi connectivity index (χ0n) is 30.1. The highest BCUT2D eigenvalue weighted by Gasteiger charge is 2.36. The van der Waals surface area contributed by atoms with Crippen molar-refractivity contribution in [2.24, 2.45) is 23.7 Å². The molecule has 50 heavy (non-hydrogen) atoms. The first kappa shape index (κ1) is 35.8. The van der Waals surface area contributed by atoms with Crippen molar-refractivity contribution in [1.29, 1.82) is 0 Å². The smallest absolute Gasteiger partial charge is 0.309 e. The Balaban J connectivity index is 0.929. The monoisotopic (exact) mass is 681 g/mol. The van der Waals surface area contributed by atoms with Crippen LogP contribution in [0.15, 0.2) is 73.7 Å². The molecule has 7 heteroatoms. The van der Waals surface area contributed by atoms with E-state index in [2.05, 4.69) is 26.7 Å². The van der Waals surface area contributed by atoms with Gasteiger partial charge in [-0.1, -0.05) is 52.0 Å². The van der Waals surface area contributed by atoms with E-state index in [4.69, 9.17) is 18.9 Å². The van der Waals surface area contributed by atoms with Gasteiger partial charge < -0.3 is 18.9 Å². The third kappa shape index (κ3) is 8.14. The number of methoxy groups -OCH3 is 1. The molecule has 0 aromatic heterocycles. The highest BCUT2D eigenvalue weighted by Crippen LogP contribution is 2.43. The summed E-state index contributed by atoms with van der Waals surface area (Å²) < 4.78 is 24.1. The number of carbonyl (C=O) groups excluding carboxylic acids is 2. The number of hydrogen-bond acceptors (Lipinski definition) is 6. The van der Waals surface area contributed by atoms with Crippen molar-refractivity contribution in [2.45, 2.75) is 115 Å². The number of amides is 1.